The van der Waals surface area contributed by atoms with Crippen LogP contribution < -0.4 is 0 Å². The van der Waals surface area contributed by atoms with Crippen LogP contribution in [0.4, 0.5) is 0 Å². The number of carbonyl (C=O) groups is 2. The topological polar surface area (TPSA) is 89.5 Å². The van der Waals surface area contributed by atoms with Crippen molar-refractivity contribution in [2.24, 2.45) is 0 Å². The van der Waals surface area contributed by atoms with Crippen LogP contribution in [0, 0.1) is 0 Å². The molecule has 0 saturated carbocycles. The van der Waals surface area contributed by atoms with Crippen LogP contribution in [-0.4, -0.2) is 56.3 Å². The zero-order chi connectivity index (χ0) is 18.3. The Morgan fingerprint density at radius 1 is 1.15 bits per heavy atom. The smallest absolute Gasteiger partial charge is 0.253 e. The Hall–Kier alpha value is -2.83. The summed E-state index contributed by atoms with van der Waals surface area (Å²) in [5.41, 5.74) is 2.19. The molecule has 2 aliphatic rings. The van der Waals surface area contributed by atoms with Crippen LogP contribution in [0.25, 0.3) is 0 Å². The average molecular weight is 354 g/mol. The summed E-state index contributed by atoms with van der Waals surface area (Å²) in [5, 5.41) is 9.40. The first-order valence-corrected chi connectivity index (χ1v) is 8.90. The van der Waals surface area contributed by atoms with Crippen molar-refractivity contribution >= 4 is 11.8 Å². The van der Waals surface area contributed by atoms with Gasteiger partial charge in [-0.15, -0.1) is 0 Å². The van der Waals surface area contributed by atoms with E-state index >= 15 is 0 Å². The standard InChI is InChI=1S/C19H22N4O3/c1-13(24)23-9-6-16-17(21-12-20-16)19(23)7-10-22(11-8-19)18(26)14-2-4-15(25)5-3-14/h2-5,12,25H,6-11H2,1H3,(H,20,21). The molecule has 7 nitrogen and oxygen atoms in total. The number of piperidine rings is 1. The number of aromatic nitrogens is 2. The van der Waals surface area contributed by atoms with Gasteiger partial charge in [0.2, 0.25) is 5.91 Å². The fourth-order valence-electron chi connectivity index (χ4n) is 4.31. The predicted octanol–water partition coefficient (Wildman–Crippen LogP) is 1.65. The van der Waals surface area contributed by atoms with Crippen molar-refractivity contribution in [3.05, 3.63) is 47.5 Å². The van der Waals surface area contributed by atoms with E-state index in [1.54, 1.807) is 25.4 Å². The van der Waals surface area contributed by atoms with E-state index in [1.165, 1.54) is 12.1 Å². The molecule has 1 spiro atoms. The molecule has 1 aromatic heterocycles. The molecule has 0 unspecified atom stereocenters. The van der Waals surface area contributed by atoms with Gasteiger partial charge in [-0.3, -0.25) is 9.59 Å². The summed E-state index contributed by atoms with van der Waals surface area (Å²) in [6.45, 7) is 3.41. The van der Waals surface area contributed by atoms with Crippen LogP contribution in [0.1, 0.15) is 41.5 Å². The quantitative estimate of drug-likeness (QED) is 0.815. The second-order valence-electron chi connectivity index (χ2n) is 7.02. The number of phenolic OH excluding ortho intramolecular Hbond substituents is 1. The molecule has 1 aromatic carbocycles. The fraction of sp³-hybridized carbons (Fsp3) is 0.421. The number of fused-ring (bicyclic) bond motifs is 2. The second-order valence-corrected chi connectivity index (χ2v) is 7.02. The van der Waals surface area contributed by atoms with Crippen molar-refractivity contribution in [1.29, 1.82) is 0 Å². The number of benzene rings is 1. The van der Waals surface area contributed by atoms with Gasteiger partial charge in [-0.05, 0) is 37.1 Å². The largest absolute Gasteiger partial charge is 0.508 e. The van der Waals surface area contributed by atoms with Crippen LogP contribution >= 0.6 is 0 Å². The van der Waals surface area contributed by atoms with Crippen molar-refractivity contribution in [2.45, 2.75) is 31.7 Å². The zero-order valence-electron chi connectivity index (χ0n) is 14.7. The first kappa shape index (κ1) is 16.6. The highest BCUT2D eigenvalue weighted by Crippen LogP contribution is 2.42. The third-order valence-electron chi connectivity index (χ3n) is 5.63. The fourth-order valence-corrected chi connectivity index (χ4v) is 4.31. The molecule has 2 amide bonds. The summed E-state index contributed by atoms with van der Waals surface area (Å²) >= 11 is 0. The number of hydrogen-bond donors (Lipinski definition) is 2. The molecule has 2 N–H and O–H groups in total. The van der Waals surface area contributed by atoms with Crippen LogP contribution in [0.5, 0.6) is 5.75 Å². The van der Waals surface area contributed by atoms with Gasteiger partial charge in [0, 0.05) is 44.2 Å². The first-order valence-electron chi connectivity index (χ1n) is 8.90. The highest BCUT2D eigenvalue weighted by atomic mass is 16.3. The van der Waals surface area contributed by atoms with Crippen molar-refractivity contribution in [2.75, 3.05) is 19.6 Å². The Labute approximate surface area is 151 Å². The van der Waals surface area contributed by atoms with Gasteiger partial charge in [-0.25, -0.2) is 4.98 Å². The van der Waals surface area contributed by atoms with Crippen molar-refractivity contribution in [3.63, 3.8) is 0 Å². The van der Waals surface area contributed by atoms with Gasteiger partial charge in [-0.1, -0.05) is 0 Å². The van der Waals surface area contributed by atoms with E-state index in [0.717, 1.165) is 17.8 Å². The molecule has 2 aromatic rings. The SMILES string of the molecule is CC(=O)N1CCc2[nH]cnc2C12CCN(C(=O)c1ccc(O)cc1)CC2. The van der Waals surface area contributed by atoms with E-state index in [4.69, 9.17) is 0 Å². The minimum Gasteiger partial charge on any atom is -0.508 e. The lowest BCUT2D eigenvalue weighted by atomic mass is 9.78. The molecule has 26 heavy (non-hydrogen) atoms. The van der Waals surface area contributed by atoms with Gasteiger partial charge in [0.25, 0.3) is 5.91 Å². The number of nitrogens with zero attached hydrogens (tertiary/aromatic N) is 3. The molecule has 7 heteroatoms. The Morgan fingerprint density at radius 2 is 1.85 bits per heavy atom. The number of carbonyl (C=O) groups excluding carboxylic acids is 2. The molecule has 0 bridgehead atoms. The van der Waals surface area contributed by atoms with Gasteiger partial charge in [0.05, 0.1) is 17.6 Å². The first-order chi connectivity index (χ1) is 12.5. The van der Waals surface area contributed by atoms with E-state index < -0.39 is 5.54 Å². The molecule has 4 rings (SSSR count). The van der Waals surface area contributed by atoms with Gasteiger partial charge in [0.1, 0.15) is 5.75 Å². The number of imidazole rings is 1. The number of likely N-dealkylation sites (tertiary alicyclic amines) is 1. The van der Waals surface area contributed by atoms with Crippen molar-refractivity contribution < 1.29 is 14.7 Å². The minimum atomic E-state index is -0.425. The normalized spacial score (nSPS) is 18.7. The lowest BCUT2D eigenvalue weighted by molar-refractivity contribution is -0.139. The van der Waals surface area contributed by atoms with E-state index in [2.05, 4.69) is 9.97 Å². The van der Waals surface area contributed by atoms with Gasteiger partial charge < -0.3 is 19.9 Å². The van der Waals surface area contributed by atoms with Crippen molar-refractivity contribution in [3.8, 4) is 5.75 Å². The number of aromatic hydroxyl groups is 1. The van der Waals surface area contributed by atoms with E-state index in [1.807, 2.05) is 9.80 Å². The molecule has 3 heterocycles. The molecular weight excluding hydrogens is 332 g/mol. The Balaban J connectivity index is 1.57. The maximum Gasteiger partial charge on any atom is 0.253 e. The predicted molar refractivity (Wildman–Crippen MR) is 94.6 cm³/mol. The number of hydrogen-bond acceptors (Lipinski definition) is 4. The Kier molecular flexibility index (Phi) is 3.94. The molecule has 1 saturated heterocycles. The van der Waals surface area contributed by atoms with Crippen LogP contribution in [-0.2, 0) is 16.8 Å². The third-order valence-corrected chi connectivity index (χ3v) is 5.63. The highest BCUT2D eigenvalue weighted by molar-refractivity contribution is 5.94. The minimum absolute atomic E-state index is 0.0488. The molecular formula is C19H22N4O3. The summed E-state index contributed by atoms with van der Waals surface area (Å²) in [4.78, 5) is 36.5. The molecule has 0 atom stereocenters. The molecule has 0 radical (unpaired) electrons. The Morgan fingerprint density at radius 3 is 2.50 bits per heavy atom. The van der Waals surface area contributed by atoms with Crippen LogP contribution in [0.2, 0.25) is 0 Å². The van der Waals surface area contributed by atoms with Gasteiger partial charge in [0.15, 0.2) is 0 Å². The Bertz CT molecular complexity index is 835. The number of rotatable bonds is 1. The van der Waals surface area contributed by atoms with Crippen LogP contribution in [0.15, 0.2) is 30.6 Å². The average Bonchev–Trinajstić information content (AvgIpc) is 3.12. The number of amides is 2. The summed E-state index contributed by atoms with van der Waals surface area (Å²) in [6.07, 6.45) is 3.83. The van der Waals surface area contributed by atoms with Gasteiger partial charge >= 0.3 is 0 Å². The number of nitrogens with one attached hydrogen (secondary N) is 1. The summed E-state index contributed by atoms with van der Waals surface area (Å²) < 4.78 is 0. The maximum atomic E-state index is 12.7. The molecule has 0 aliphatic carbocycles. The number of phenols is 1. The van der Waals surface area contributed by atoms with E-state index in [-0.39, 0.29) is 17.6 Å². The zero-order valence-corrected chi connectivity index (χ0v) is 14.7. The lowest BCUT2D eigenvalue weighted by Crippen LogP contribution is -2.58. The molecule has 1 fully saturated rings. The monoisotopic (exact) mass is 354 g/mol. The van der Waals surface area contributed by atoms with Crippen LogP contribution in [0.3, 0.4) is 0 Å². The van der Waals surface area contributed by atoms with E-state index in [9.17, 15) is 14.7 Å². The maximum absolute atomic E-state index is 12.7. The summed E-state index contributed by atoms with van der Waals surface area (Å²) in [7, 11) is 0. The van der Waals surface area contributed by atoms with Crippen molar-refractivity contribution in [1.82, 2.24) is 19.8 Å². The third kappa shape index (κ3) is 2.55. The second kappa shape index (κ2) is 6.16. The van der Waals surface area contributed by atoms with Gasteiger partial charge in [-0.2, -0.15) is 0 Å². The van der Waals surface area contributed by atoms with E-state index in [0.29, 0.717) is 38.0 Å². The molecule has 2 aliphatic heterocycles. The highest BCUT2D eigenvalue weighted by Gasteiger charge is 2.48. The number of aromatic amines is 1. The summed E-state index contributed by atoms with van der Waals surface area (Å²) in [5.74, 6) is 0.147. The lowest BCUT2D eigenvalue weighted by Gasteiger charge is -2.50. The summed E-state index contributed by atoms with van der Waals surface area (Å²) in [6, 6.07) is 6.31. The number of H-pyrrole nitrogens is 1. The molecule has 136 valence electrons.